The summed E-state index contributed by atoms with van der Waals surface area (Å²) in [6.07, 6.45) is 0. The molecule has 1 heterocycles. The summed E-state index contributed by atoms with van der Waals surface area (Å²) in [5.41, 5.74) is -0.592. The van der Waals surface area contributed by atoms with Crippen LogP contribution in [0.25, 0.3) is 5.69 Å². The highest BCUT2D eigenvalue weighted by Gasteiger charge is 2.17. The zero-order valence-electron chi connectivity index (χ0n) is 11.8. The summed E-state index contributed by atoms with van der Waals surface area (Å²) in [5, 5.41) is 24.7. The number of nitrogens with zero attached hydrogens (tertiary/aromatic N) is 2. The molecule has 0 spiro atoms. The Labute approximate surface area is 125 Å². The van der Waals surface area contributed by atoms with E-state index in [0.29, 0.717) is 11.4 Å². The van der Waals surface area contributed by atoms with Gasteiger partial charge in [-0.2, -0.15) is 9.78 Å². The van der Waals surface area contributed by atoms with Gasteiger partial charge in [0.25, 0.3) is 11.5 Å². The average molecular weight is 305 g/mol. The molecule has 0 fully saturated rings. The fourth-order valence-corrected chi connectivity index (χ4v) is 1.84. The van der Waals surface area contributed by atoms with E-state index >= 15 is 0 Å². The molecule has 1 aromatic heterocycles. The molecule has 0 aliphatic rings. The topological polar surface area (TPSA) is 114 Å². The van der Waals surface area contributed by atoms with Gasteiger partial charge in [0.1, 0.15) is 11.4 Å². The van der Waals surface area contributed by atoms with E-state index < -0.39 is 17.2 Å². The van der Waals surface area contributed by atoms with Crippen LogP contribution >= 0.6 is 0 Å². The summed E-state index contributed by atoms with van der Waals surface area (Å²) in [5.74, 6) is -0.841. The number of hydrogen-bond acceptors (Lipinski definition) is 6. The van der Waals surface area contributed by atoms with Crippen LogP contribution in [-0.2, 0) is 0 Å². The number of aromatic nitrogens is 2. The van der Waals surface area contributed by atoms with Crippen LogP contribution in [0.5, 0.6) is 11.5 Å². The third kappa shape index (κ3) is 3.07. The molecule has 3 N–H and O–H groups in total. The zero-order valence-corrected chi connectivity index (χ0v) is 11.8. The normalized spacial score (nSPS) is 10.3. The lowest BCUT2D eigenvalue weighted by Gasteiger charge is -2.11. The van der Waals surface area contributed by atoms with Gasteiger partial charge < -0.3 is 20.3 Å². The maximum absolute atomic E-state index is 12.0. The molecule has 8 heteroatoms. The number of carbonyl (C=O) groups is 1. The highest BCUT2D eigenvalue weighted by atomic mass is 16.5. The quantitative estimate of drug-likeness (QED) is 0.697. The molecule has 0 aliphatic heterocycles. The number of aliphatic hydroxyl groups is 1. The van der Waals surface area contributed by atoms with Crippen molar-refractivity contribution >= 4 is 5.91 Å². The molecule has 2 rings (SSSR count). The number of para-hydroxylation sites is 2. The third-order valence-electron chi connectivity index (χ3n) is 2.84. The lowest BCUT2D eigenvalue weighted by Crippen LogP contribution is -2.30. The molecule has 0 saturated carbocycles. The second-order valence-electron chi connectivity index (χ2n) is 4.28. The first-order valence-corrected chi connectivity index (χ1v) is 6.44. The second-order valence-corrected chi connectivity index (χ2v) is 4.28. The van der Waals surface area contributed by atoms with E-state index in [9.17, 15) is 14.7 Å². The summed E-state index contributed by atoms with van der Waals surface area (Å²) in [6.45, 7) is -0.244. The summed E-state index contributed by atoms with van der Waals surface area (Å²) in [6, 6.07) is 7.54. The Morgan fingerprint density at radius 2 is 2.14 bits per heavy atom. The van der Waals surface area contributed by atoms with E-state index in [4.69, 9.17) is 9.84 Å². The Hall–Kier alpha value is -2.87. The van der Waals surface area contributed by atoms with Crippen molar-refractivity contribution in [2.75, 3.05) is 20.3 Å². The summed E-state index contributed by atoms with van der Waals surface area (Å²) < 4.78 is 6.12. The van der Waals surface area contributed by atoms with Crippen LogP contribution in [-0.4, -0.2) is 46.2 Å². The zero-order chi connectivity index (χ0) is 16.1. The number of rotatable bonds is 5. The van der Waals surface area contributed by atoms with Gasteiger partial charge in [0, 0.05) is 12.6 Å². The predicted octanol–water partition coefficient (Wildman–Crippen LogP) is -0.331. The minimum Gasteiger partial charge on any atom is -0.505 e. The predicted molar refractivity (Wildman–Crippen MR) is 77.5 cm³/mol. The fourth-order valence-electron chi connectivity index (χ4n) is 1.84. The molecule has 0 atom stereocenters. The molecule has 0 saturated heterocycles. The van der Waals surface area contributed by atoms with Crippen molar-refractivity contribution in [1.82, 2.24) is 15.1 Å². The first-order valence-electron chi connectivity index (χ1n) is 6.44. The van der Waals surface area contributed by atoms with Crippen molar-refractivity contribution in [2.24, 2.45) is 0 Å². The van der Waals surface area contributed by atoms with Crippen molar-refractivity contribution in [3.8, 4) is 17.2 Å². The molecule has 8 nitrogen and oxygen atoms in total. The molecule has 1 amide bonds. The molecular formula is C14H15N3O5. The molecule has 0 radical (unpaired) electrons. The Bertz CT molecular complexity index is 741. The smallest absolute Gasteiger partial charge is 0.275 e. The lowest BCUT2D eigenvalue weighted by atomic mass is 10.3. The van der Waals surface area contributed by atoms with Crippen molar-refractivity contribution in [2.45, 2.75) is 0 Å². The van der Waals surface area contributed by atoms with Gasteiger partial charge in [-0.3, -0.25) is 9.59 Å². The first-order chi connectivity index (χ1) is 10.6. The monoisotopic (exact) mass is 305 g/mol. The van der Waals surface area contributed by atoms with Gasteiger partial charge in [-0.25, -0.2) is 0 Å². The molecule has 0 bridgehead atoms. The van der Waals surface area contributed by atoms with Gasteiger partial charge in [0.15, 0.2) is 11.4 Å². The SMILES string of the molecule is COc1ccccc1-n1nc(C(=O)NCCO)c(O)cc1=O. The van der Waals surface area contributed by atoms with Crippen molar-refractivity contribution in [3.63, 3.8) is 0 Å². The first kappa shape index (κ1) is 15.5. The maximum atomic E-state index is 12.0. The van der Waals surface area contributed by atoms with Gasteiger partial charge in [0.05, 0.1) is 13.7 Å². The number of aromatic hydroxyl groups is 1. The van der Waals surface area contributed by atoms with Crippen LogP contribution in [0.4, 0.5) is 0 Å². The highest BCUT2D eigenvalue weighted by molar-refractivity contribution is 5.94. The molecule has 2 aromatic rings. The molecule has 116 valence electrons. The van der Waals surface area contributed by atoms with Gasteiger partial charge in [-0.15, -0.1) is 0 Å². The molecule has 0 aliphatic carbocycles. The summed E-state index contributed by atoms with van der Waals surface area (Å²) in [4.78, 5) is 23.9. The Kier molecular flexibility index (Phi) is 4.74. The Morgan fingerprint density at radius 3 is 2.82 bits per heavy atom. The Balaban J connectivity index is 2.53. The second kappa shape index (κ2) is 6.72. The number of aliphatic hydroxyl groups excluding tert-OH is 1. The van der Waals surface area contributed by atoms with Gasteiger partial charge >= 0.3 is 0 Å². The standard InChI is InChI=1S/C14H15N3O5/c1-22-11-5-3-2-4-9(11)17-12(20)8-10(19)13(16-17)14(21)15-6-7-18/h2-5,8,18-19H,6-7H2,1H3,(H,15,21). The highest BCUT2D eigenvalue weighted by Crippen LogP contribution is 2.21. The number of nitrogens with one attached hydrogen (secondary N) is 1. The van der Waals surface area contributed by atoms with Gasteiger partial charge in [-0.1, -0.05) is 12.1 Å². The number of methoxy groups -OCH3 is 1. The van der Waals surface area contributed by atoms with E-state index in [0.717, 1.165) is 10.7 Å². The number of benzene rings is 1. The van der Waals surface area contributed by atoms with Gasteiger partial charge in [0.2, 0.25) is 0 Å². The largest absolute Gasteiger partial charge is 0.505 e. The average Bonchev–Trinajstić information content (AvgIpc) is 2.52. The van der Waals surface area contributed by atoms with Crippen molar-refractivity contribution in [3.05, 3.63) is 46.4 Å². The lowest BCUT2D eigenvalue weighted by molar-refractivity contribution is 0.0934. The van der Waals surface area contributed by atoms with Crippen LogP contribution in [0.2, 0.25) is 0 Å². The van der Waals surface area contributed by atoms with Gasteiger partial charge in [-0.05, 0) is 12.1 Å². The Morgan fingerprint density at radius 1 is 1.41 bits per heavy atom. The van der Waals surface area contributed by atoms with Crippen LogP contribution in [0.15, 0.2) is 35.1 Å². The van der Waals surface area contributed by atoms with E-state index in [1.807, 2.05) is 0 Å². The minimum absolute atomic E-state index is 0.00768. The molecule has 22 heavy (non-hydrogen) atoms. The number of hydrogen-bond donors (Lipinski definition) is 3. The number of carbonyl (C=O) groups excluding carboxylic acids is 1. The minimum atomic E-state index is -0.699. The van der Waals surface area contributed by atoms with E-state index in [-0.39, 0.29) is 18.8 Å². The molecule has 0 unspecified atom stereocenters. The van der Waals surface area contributed by atoms with Crippen LogP contribution in [0.3, 0.4) is 0 Å². The van der Waals surface area contributed by atoms with E-state index in [1.54, 1.807) is 24.3 Å². The molecular weight excluding hydrogens is 290 g/mol. The van der Waals surface area contributed by atoms with E-state index in [1.165, 1.54) is 7.11 Å². The summed E-state index contributed by atoms with van der Waals surface area (Å²) in [7, 11) is 1.44. The van der Waals surface area contributed by atoms with E-state index in [2.05, 4.69) is 10.4 Å². The van der Waals surface area contributed by atoms with Crippen LogP contribution in [0.1, 0.15) is 10.5 Å². The number of amides is 1. The van der Waals surface area contributed by atoms with Crippen LogP contribution < -0.4 is 15.6 Å². The van der Waals surface area contributed by atoms with Crippen molar-refractivity contribution in [1.29, 1.82) is 0 Å². The van der Waals surface area contributed by atoms with Crippen molar-refractivity contribution < 1.29 is 19.7 Å². The third-order valence-corrected chi connectivity index (χ3v) is 2.84. The maximum Gasteiger partial charge on any atom is 0.275 e. The molecule has 1 aromatic carbocycles. The van der Waals surface area contributed by atoms with Crippen LogP contribution in [0, 0.1) is 0 Å². The fraction of sp³-hybridized carbons (Fsp3) is 0.214. The number of ether oxygens (including phenoxy) is 1. The summed E-state index contributed by atoms with van der Waals surface area (Å²) >= 11 is 0.